The number of nitrogens with zero attached hydrogens (tertiary/aromatic N) is 1. The van der Waals surface area contributed by atoms with Gasteiger partial charge in [-0.2, -0.15) is 0 Å². The minimum atomic E-state index is -0.0359. The summed E-state index contributed by atoms with van der Waals surface area (Å²) in [5.74, 6) is 1.37. The molecule has 0 saturated carbocycles. The van der Waals surface area contributed by atoms with Crippen LogP contribution in [-0.2, 0) is 6.54 Å². The van der Waals surface area contributed by atoms with Gasteiger partial charge in [0.05, 0.1) is 5.56 Å². The van der Waals surface area contributed by atoms with Crippen LogP contribution in [-0.4, -0.2) is 17.9 Å². The van der Waals surface area contributed by atoms with Crippen LogP contribution < -0.4 is 5.73 Å². The molecule has 0 aliphatic heterocycles. The first kappa shape index (κ1) is 13.2. The quantitative estimate of drug-likeness (QED) is 0.861. The van der Waals surface area contributed by atoms with Gasteiger partial charge in [-0.05, 0) is 37.6 Å². The molecule has 1 heterocycles. The minimum absolute atomic E-state index is 0.0359. The predicted octanol–water partition coefficient (Wildman–Crippen LogP) is 2.75. The van der Waals surface area contributed by atoms with Gasteiger partial charge >= 0.3 is 0 Å². The predicted molar refractivity (Wildman–Crippen MR) is 74.8 cm³/mol. The Morgan fingerprint density at radius 1 is 1.26 bits per heavy atom. The highest BCUT2D eigenvalue weighted by Crippen LogP contribution is 2.17. The Morgan fingerprint density at radius 2 is 1.89 bits per heavy atom. The number of rotatable bonds is 3. The molecule has 2 rings (SSSR count). The zero-order valence-electron chi connectivity index (χ0n) is 11.4. The maximum absolute atomic E-state index is 12.3. The second-order valence-electron chi connectivity index (χ2n) is 4.73. The van der Waals surface area contributed by atoms with Crippen LogP contribution in [0.2, 0.25) is 0 Å². The Hall–Kier alpha value is -2.23. The van der Waals surface area contributed by atoms with E-state index in [9.17, 15) is 4.79 Å². The highest BCUT2D eigenvalue weighted by Gasteiger charge is 2.17. The highest BCUT2D eigenvalue weighted by atomic mass is 16.3. The molecule has 100 valence electrons. The number of benzene rings is 1. The number of amides is 1. The van der Waals surface area contributed by atoms with Crippen molar-refractivity contribution in [1.29, 1.82) is 0 Å². The molecule has 0 atom stereocenters. The summed E-state index contributed by atoms with van der Waals surface area (Å²) in [6.45, 7) is 4.18. The zero-order valence-corrected chi connectivity index (χ0v) is 11.4. The molecule has 2 N–H and O–H groups in total. The molecule has 0 spiro atoms. The molecule has 0 bridgehead atoms. The van der Waals surface area contributed by atoms with E-state index in [0.717, 1.165) is 17.0 Å². The van der Waals surface area contributed by atoms with Crippen LogP contribution in [0.4, 0.5) is 5.69 Å². The number of aryl methyl sites for hydroxylation is 2. The number of anilines is 1. The summed E-state index contributed by atoms with van der Waals surface area (Å²) in [5, 5.41) is 0. The maximum Gasteiger partial charge on any atom is 0.257 e. The second-order valence-corrected chi connectivity index (χ2v) is 4.73. The van der Waals surface area contributed by atoms with Gasteiger partial charge in [-0.1, -0.05) is 12.1 Å². The van der Waals surface area contributed by atoms with E-state index in [1.165, 1.54) is 0 Å². The molecule has 0 fully saturated rings. The lowest BCUT2D eigenvalue weighted by Gasteiger charge is -2.16. The molecule has 0 aliphatic carbocycles. The van der Waals surface area contributed by atoms with Crippen molar-refractivity contribution >= 4 is 11.6 Å². The molecule has 0 saturated heterocycles. The lowest BCUT2D eigenvalue weighted by atomic mass is 10.1. The summed E-state index contributed by atoms with van der Waals surface area (Å²) >= 11 is 0. The van der Waals surface area contributed by atoms with Gasteiger partial charge in [-0.25, -0.2) is 0 Å². The van der Waals surface area contributed by atoms with E-state index in [2.05, 4.69) is 0 Å². The lowest BCUT2D eigenvalue weighted by molar-refractivity contribution is 0.0783. The van der Waals surface area contributed by atoms with E-state index in [4.69, 9.17) is 10.2 Å². The van der Waals surface area contributed by atoms with Gasteiger partial charge in [0.15, 0.2) is 0 Å². The first-order valence-electron chi connectivity index (χ1n) is 6.14. The van der Waals surface area contributed by atoms with Crippen LogP contribution in [0.25, 0.3) is 0 Å². The van der Waals surface area contributed by atoms with Crippen molar-refractivity contribution in [2.45, 2.75) is 20.4 Å². The van der Waals surface area contributed by atoms with Crippen LogP contribution in [0.15, 0.2) is 34.7 Å². The van der Waals surface area contributed by atoms with E-state index in [0.29, 0.717) is 17.9 Å². The molecule has 0 unspecified atom stereocenters. The van der Waals surface area contributed by atoms with Crippen molar-refractivity contribution in [3.63, 3.8) is 0 Å². The van der Waals surface area contributed by atoms with E-state index in [-0.39, 0.29) is 5.91 Å². The van der Waals surface area contributed by atoms with E-state index in [1.807, 2.05) is 31.2 Å². The first-order valence-corrected chi connectivity index (χ1v) is 6.14. The van der Waals surface area contributed by atoms with E-state index in [1.54, 1.807) is 24.9 Å². The third-order valence-corrected chi connectivity index (χ3v) is 3.02. The molecule has 1 amide bonds. The van der Waals surface area contributed by atoms with Crippen molar-refractivity contribution in [1.82, 2.24) is 4.90 Å². The number of furan rings is 1. The van der Waals surface area contributed by atoms with Crippen molar-refractivity contribution in [2.75, 3.05) is 12.8 Å². The molecule has 4 heteroatoms. The summed E-state index contributed by atoms with van der Waals surface area (Å²) in [6.07, 6.45) is 0. The smallest absolute Gasteiger partial charge is 0.257 e. The molecule has 19 heavy (non-hydrogen) atoms. The van der Waals surface area contributed by atoms with Gasteiger partial charge in [-0.3, -0.25) is 4.79 Å². The fourth-order valence-electron chi connectivity index (χ4n) is 2.02. The molecular weight excluding hydrogens is 240 g/mol. The zero-order chi connectivity index (χ0) is 14.0. The molecule has 0 radical (unpaired) electrons. The van der Waals surface area contributed by atoms with Crippen molar-refractivity contribution in [2.24, 2.45) is 0 Å². The first-order chi connectivity index (χ1) is 8.97. The van der Waals surface area contributed by atoms with Crippen molar-refractivity contribution in [3.8, 4) is 0 Å². The Kier molecular flexibility index (Phi) is 3.60. The summed E-state index contributed by atoms with van der Waals surface area (Å²) < 4.78 is 5.39. The minimum Gasteiger partial charge on any atom is -0.466 e. The molecule has 1 aromatic heterocycles. The summed E-state index contributed by atoms with van der Waals surface area (Å²) in [5.41, 5.74) is 8.02. The van der Waals surface area contributed by atoms with Gasteiger partial charge in [0, 0.05) is 19.3 Å². The Labute approximate surface area is 112 Å². The fourth-order valence-corrected chi connectivity index (χ4v) is 2.02. The monoisotopic (exact) mass is 258 g/mol. The van der Waals surface area contributed by atoms with Crippen LogP contribution >= 0.6 is 0 Å². The van der Waals surface area contributed by atoms with Crippen LogP contribution in [0.3, 0.4) is 0 Å². The number of carbonyl (C=O) groups excluding carboxylic acids is 1. The lowest BCUT2D eigenvalue weighted by Crippen LogP contribution is -2.26. The number of carbonyl (C=O) groups is 1. The van der Waals surface area contributed by atoms with Crippen LogP contribution in [0.5, 0.6) is 0 Å². The maximum atomic E-state index is 12.3. The topological polar surface area (TPSA) is 59.5 Å². The molecular formula is C15H18N2O2. The number of nitrogen functional groups attached to an aromatic ring is 1. The third-order valence-electron chi connectivity index (χ3n) is 3.02. The molecule has 1 aromatic carbocycles. The Morgan fingerprint density at radius 3 is 2.42 bits per heavy atom. The molecule has 0 aliphatic rings. The summed E-state index contributed by atoms with van der Waals surface area (Å²) in [6, 6.07) is 9.29. The highest BCUT2D eigenvalue weighted by molar-refractivity contribution is 5.95. The second kappa shape index (κ2) is 5.18. The van der Waals surface area contributed by atoms with Crippen LogP contribution in [0, 0.1) is 13.8 Å². The third kappa shape index (κ3) is 2.96. The summed E-state index contributed by atoms with van der Waals surface area (Å²) in [4.78, 5) is 14.0. The molecule has 4 nitrogen and oxygen atoms in total. The molecule has 2 aromatic rings. The SMILES string of the molecule is Cc1cc(C(=O)N(C)Cc2ccc(N)cc2)c(C)o1. The fraction of sp³-hybridized carbons (Fsp3) is 0.267. The number of nitrogens with two attached hydrogens (primary N) is 1. The summed E-state index contributed by atoms with van der Waals surface area (Å²) in [7, 11) is 1.78. The van der Waals surface area contributed by atoms with Gasteiger partial charge in [0.25, 0.3) is 5.91 Å². The average molecular weight is 258 g/mol. The van der Waals surface area contributed by atoms with Crippen molar-refractivity contribution < 1.29 is 9.21 Å². The standard InChI is InChI=1S/C15H18N2O2/c1-10-8-14(11(2)19-10)15(18)17(3)9-12-4-6-13(16)7-5-12/h4-8H,9,16H2,1-3H3. The van der Waals surface area contributed by atoms with Crippen LogP contribution in [0.1, 0.15) is 27.4 Å². The Bertz CT molecular complexity index is 585. The van der Waals surface area contributed by atoms with E-state index < -0.39 is 0 Å². The van der Waals surface area contributed by atoms with Gasteiger partial charge in [0.2, 0.25) is 0 Å². The largest absolute Gasteiger partial charge is 0.466 e. The van der Waals surface area contributed by atoms with Gasteiger partial charge in [0.1, 0.15) is 11.5 Å². The average Bonchev–Trinajstić information content (AvgIpc) is 2.70. The van der Waals surface area contributed by atoms with E-state index >= 15 is 0 Å². The number of hydrogen-bond acceptors (Lipinski definition) is 3. The van der Waals surface area contributed by atoms with Gasteiger partial charge < -0.3 is 15.1 Å². The normalized spacial score (nSPS) is 10.5. The van der Waals surface area contributed by atoms with Crippen molar-refractivity contribution in [3.05, 3.63) is 53.0 Å². The number of hydrogen-bond donors (Lipinski definition) is 1. The van der Waals surface area contributed by atoms with Gasteiger partial charge in [-0.15, -0.1) is 0 Å². The Balaban J connectivity index is 2.11.